The van der Waals surface area contributed by atoms with Gasteiger partial charge in [-0.2, -0.15) is 10.2 Å². The van der Waals surface area contributed by atoms with E-state index < -0.39 is 0 Å². The van der Waals surface area contributed by atoms with Gasteiger partial charge in [-0.15, -0.1) is 0 Å². The van der Waals surface area contributed by atoms with E-state index in [4.69, 9.17) is 4.74 Å². The van der Waals surface area contributed by atoms with Crippen LogP contribution in [0, 0.1) is 0 Å². The number of methoxy groups -OCH3 is 1. The molecule has 2 rings (SSSR count). The maximum Gasteiger partial charge on any atom is 0.161 e. The minimum Gasteiger partial charge on any atom is -0.493 e. The highest BCUT2D eigenvalue weighted by Gasteiger charge is 2.22. The van der Waals surface area contributed by atoms with Crippen molar-refractivity contribution >= 4 is 0 Å². The molecule has 18 heavy (non-hydrogen) atoms. The van der Waals surface area contributed by atoms with Crippen molar-refractivity contribution in [3.8, 4) is 5.75 Å². The molecule has 6 heteroatoms. The SMILES string of the molecule is CCn1ncc(OC)c1C(NC)c1cnn(C)c1. The molecule has 2 aromatic rings. The Morgan fingerprint density at radius 3 is 2.67 bits per heavy atom. The second-order valence-electron chi connectivity index (χ2n) is 4.08. The van der Waals surface area contributed by atoms with Gasteiger partial charge in [-0.25, -0.2) is 0 Å². The van der Waals surface area contributed by atoms with Crippen molar-refractivity contribution in [3.63, 3.8) is 0 Å². The molecule has 0 fully saturated rings. The van der Waals surface area contributed by atoms with Gasteiger partial charge >= 0.3 is 0 Å². The summed E-state index contributed by atoms with van der Waals surface area (Å²) in [4.78, 5) is 0. The van der Waals surface area contributed by atoms with Gasteiger partial charge in [-0.3, -0.25) is 9.36 Å². The molecule has 0 spiro atoms. The fourth-order valence-electron chi connectivity index (χ4n) is 2.13. The lowest BCUT2D eigenvalue weighted by molar-refractivity contribution is 0.401. The quantitative estimate of drug-likeness (QED) is 0.857. The minimum absolute atomic E-state index is 0.0242. The predicted octanol–water partition coefficient (Wildman–Crippen LogP) is 0.954. The number of ether oxygens (including phenoxy) is 1. The van der Waals surface area contributed by atoms with E-state index in [2.05, 4.69) is 22.4 Å². The first-order valence-electron chi connectivity index (χ1n) is 5.96. The Balaban J connectivity index is 2.46. The average molecular weight is 249 g/mol. The lowest BCUT2D eigenvalue weighted by atomic mass is 10.1. The third kappa shape index (κ3) is 2.11. The van der Waals surface area contributed by atoms with E-state index in [1.54, 1.807) is 18.0 Å². The first kappa shape index (κ1) is 12.6. The predicted molar refractivity (Wildman–Crippen MR) is 68.6 cm³/mol. The smallest absolute Gasteiger partial charge is 0.161 e. The molecule has 2 aromatic heterocycles. The number of aromatic nitrogens is 4. The van der Waals surface area contributed by atoms with Crippen LogP contribution in [0.15, 0.2) is 18.6 Å². The van der Waals surface area contributed by atoms with E-state index in [0.29, 0.717) is 0 Å². The van der Waals surface area contributed by atoms with Crippen molar-refractivity contribution in [2.45, 2.75) is 19.5 Å². The molecule has 98 valence electrons. The lowest BCUT2D eigenvalue weighted by Gasteiger charge is -2.17. The summed E-state index contributed by atoms with van der Waals surface area (Å²) in [6.45, 7) is 2.86. The molecular formula is C12H19N5O. The standard InChI is InChI=1S/C12H19N5O/c1-5-17-12(10(18-4)7-15-17)11(13-2)9-6-14-16(3)8-9/h6-8,11,13H,5H2,1-4H3. The van der Waals surface area contributed by atoms with Crippen LogP contribution in [0.1, 0.15) is 24.2 Å². The zero-order valence-corrected chi connectivity index (χ0v) is 11.2. The van der Waals surface area contributed by atoms with Gasteiger partial charge in [-0.05, 0) is 14.0 Å². The summed E-state index contributed by atoms with van der Waals surface area (Å²) >= 11 is 0. The van der Waals surface area contributed by atoms with E-state index in [-0.39, 0.29) is 6.04 Å². The monoisotopic (exact) mass is 249 g/mol. The number of rotatable bonds is 5. The zero-order chi connectivity index (χ0) is 13.1. The van der Waals surface area contributed by atoms with Gasteiger partial charge in [0.25, 0.3) is 0 Å². The molecule has 0 saturated heterocycles. The zero-order valence-electron chi connectivity index (χ0n) is 11.2. The van der Waals surface area contributed by atoms with Gasteiger partial charge in [0, 0.05) is 25.4 Å². The van der Waals surface area contributed by atoms with Gasteiger partial charge in [0.15, 0.2) is 5.75 Å². The summed E-state index contributed by atoms with van der Waals surface area (Å²) in [5.74, 6) is 0.792. The topological polar surface area (TPSA) is 56.9 Å². The first-order chi connectivity index (χ1) is 8.71. The van der Waals surface area contributed by atoms with Crippen LogP contribution < -0.4 is 10.1 Å². The Hall–Kier alpha value is -1.82. The molecule has 0 radical (unpaired) electrons. The maximum absolute atomic E-state index is 5.39. The highest BCUT2D eigenvalue weighted by atomic mass is 16.5. The van der Waals surface area contributed by atoms with Crippen LogP contribution in [0.3, 0.4) is 0 Å². The number of nitrogens with zero attached hydrogens (tertiary/aromatic N) is 4. The summed E-state index contributed by atoms with van der Waals surface area (Å²) in [5.41, 5.74) is 2.11. The highest BCUT2D eigenvalue weighted by molar-refractivity contribution is 5.34. The normalized spacial score (nSPS) is 12.7. The van der Waals surface area contributed by atoms with Gasteiger partial charge in [0.05, 0.1) is 25.5 Å². The first-order valence-corrected chi connectivity index (χ1v) is 5.96. The Morgan fingerprint density at radius 1 is 1.39 bits per heavy atom. The summed E-state index contributed by atoms with van der Waals surface area (Å²) in [5, 5.41) is 11.8. The summed E-state index contributed by atoms with van der Waals surface area (Å²) in [6, 6.07) is 0.0242. The van der Waals surface area contributed by atoms with Crippen molar-refractivity contribution in [1.82, 2.24) is 24.9 Å². The Kier molecular flexibility index (Phi) is 3.66. The molecule has 1 unspecified atom stereocenters. The van der Waals surface area contributed by atoms with E-state index >= 15 is 0 Å². The fraction of sp³-hybridized carbons (Fsp3) is 0.500. The molecule has 0 aliphatic carbocycles. The minimum atomic E-state index is 0.0242. The third-order valence-corrected chi connectivity index (χ3v) is 2.98. The summed E-state index contributed by atoms with van der Waals surface area (Å²) < 4.78 is 9.12. The van der Waals surface area contributed by atoms with Crippen LogP contribution in [0.5, 0.6) is 5.75 Å². The molecule has 0 saturated carbocycles. The number of hydrogen-bond donors (Lipinski definition) is 1. The van der Waals surface area contributed by atoms with E-state index in [9.17, 15) is 0 Å². The molecule has 1 atom stereocenters. The van der Waals surface area contributed by atoms with Gasteiger partial charge in [-0.1, -0.05) is 0 Å². The largest absolute Gasteiger partial charge is 0.493 e. The van der Waals surface area contributed by atoms with E-state index in [1.165, 1.54) is 0 Å². The third-order valence-electron chi connectivity index (χ3n) is 2.98. The average Bonchev–Trinajstić information content (AvgIpc) is 2.97. The van der Waals surface area contributed by atoms with Crippen LogP contribution in [-0.2, 0) is 13.6 Å². The molecular weight excluding hydrogens is 230 g/mol. The molecule has 6 nitrogen and oxygen atoms in total. The van der Waals surface area contributed by atoms with Crippen LogP contribution >= 0.6 is 0 Å². The molecule has 0 aromatic carbocycles. The fourth-order valence-corrected chi connectivity index (χ4v) is 2.13. The second kappa shape index (κ2) is 5.22. The van der Waals surface area contributed by atoms with Gasteiger partial charge < -0.3 is 10.1 Å². The van der Waals surface area contributed by atoms with E-state index in [1.807, 2.05) is 31.2 Å². The molecule has 0 aliphatic rings. The van der Waals surface area contributed by atoms with E-state index in [0.717, 1.165) is 23.6 Å². The van der Waals surface area contributed by atoms with Crippen molar-refractivity contribution in [2.24, 2.45) is 7.05 Å². The lowest BCUT2D eigenvalue weighted by Crippen LogP contribution is -2.21. The maximum atomic E-state index is 5.39. The van der Waals surface area contributed by atoms with Gasteiger partial charge in [0.2, 0.25) is 0 Å². The number of aryl methyl sites for hydroxylation is 2. The highest BCUT2D eigenvalue weighted by Crippen LogP contribution is 2.29. The molecule has 0 aliphatic heterocycles. The van der Waals surface area contributed by atoms with Crippen molar-refractivity contribution in [2.75, 3.05) is 14.2 Å². The van der Waals surface area contributed by atoms with Gasteiger partial charge in [0.1, 0.15) is 5.69 Å². The Labute approximate surface area is 107 Å². The number of hydrogen-bond acceptors (Lipinski definition) is 4. The second-order valence-corrected chi connectivity index (χ2v) is 4.08. The number of nitrogens with one attached hydrogen (secondary N) is 1. The summed E-state index contributed by atoms with van der Waals surface area (Å²) in [6.07, 6.45) is 5.60. The van der Waals surface area contributed by atoms with Crippen molar-refractivity contribution in [3.05, 3.63) is 29.8 Å². The molecule has 0 bridgehead atoms. The van der Waals surface area contributed by atoms with Crippen molar-refractivity contribution < 1.29 is 4.74 Å². The van der Waals surface area contributed by atoms with Crippen LogP contribution in [0.4, 0.5) is 0 Å². The van der Waals surface area contributed by atoms with Crippen LogP contribution in [-0.4, -0.2) is 33.7 Å². The molecule has 2 heterocycles. The Morgan fingerprint density at radius 2 is 2.17 bits per heavy atom. The Bertz CT molecular complexity index is 495. The molecule has 0 amide bonds. The van der Waals surface area contributed by atoms with Crippen LogP contribution in [0.25, 0.3) is 0 Å². The molecule has 1 N–H and O–H groups in total. The van der Waals surface area contributed by atoms with Crippen molar-refractivity contribution in [1.29, 1.82) is 0 Å². The summed E-state index contributed by atoms with van der Waals surface area (Å²) in [7, 11) is 5.49. The van der Waals surface area contributed by atoms with Crippen LogP contribution in [0.2, 0.25) is 0 Å².